The van der Waals surface area contributed by atoms with E-state index in [1.807, 2.05) is 0 Å². The Bertz CT molecular complexity index is 1080. The minimum absolute atomic E-state index is 0.200. The molecule has 2 aromatic carbocycles. The van der Waals surface area contributed by atoms with Crippen molar-refractivity contribution in [1.82, 2.24) is 0 Å². The Balaban J connectivity index is 1.23. The number of benzene rings is 2. The first-order valence-corrected chi connectivity index (χ1v) is 18.8. The highest BCUT2D eigenvalue weighted by molar-refractivity contribution is 5.26. The topological polar surface area (TPSA) is 66.0 Å². The molecule has 250 valence electrons. The van der Waals surface area contributed by atoms with Gasteiger partial charge in [-0.3, -0.25) is 0 Å². The second kappa shape index (κ2) is 20.5. The number of nitriles is 2. The zero-order chi connectivity index (χ0) is 32.4. The van der Waals surface area contributed by atoms with Crippen molar-refractivity contribution in [2.24, 2.45) is 11.8 Å². The summed E-state index contributed by atoms with van der Waals surface area (Å²) in [6.07, 6.45) is 21.1. The summed E-state index contributed by atoms with van der Waals surface area (Å²) in [6, 6.07) is 22.3. The highest BCUT2D eigenvalue weighted by Gasteiger charge is 2.25. The summed E-state index contributed by atoms with van der Waals surface area (Å²) in [5.41, 5.74) is 5.08. The van der Waals surface area contributed by atoms with E-state index in [-0.39, 0.29) is 12.8 Å². The van der Waals surface area contributed by atoms with Gasteiger partial charge in [-0.05, 0) is 97.3 Å². The predicted molar refractivity (Wildman–Crippen MR) is 188 cm³/mol. The fraction of sp³-hybridized carbons (Fsp3) is 0.667. The number of hydrogen-bond acceptors (Lipinski definition) is 4. The fourth-order valence-corrected chi connectivity index (χ4v) is 7.89. The fourth-order valence-electron chi connectivity index (χ4n) is 7.89. The summed E-state index contributed by atoms with van der Waals surface area (Å²) in [5.74, 6) is 3.18. The van der Waals surface area contributed by atoms with Crippen LogP contribution in [0.1, 0.15) is 164 Å². The number of nitrogens with zero attached hydrogens (tertiary/aromatic N) is 2. The van der Waals surface area contributed by atoms with E-state index in [1.54, 1.807) is 0 Å². The van der Waals surface area contributed by atoms with Crippen LogP contribution in [0.2, 0.25) is 0 Å². The quantitative estimate of drug-likeness (QED) is 0.146. The maximum absolute atomic E-state index is 9.55. The van der Waals surface area contributed by atoms with Gasteiger partial charge in [0.05, 0.1) is 50.4 Å². The first kappa shape index (κ1) is 36.2. The van der Waals surface area contributed by atoms with Gasteiger partial charge < -0.3 is 9.47 Å². The van der Waals surface area contributed by atoms with Gasteiger partial charge >= 0.3 is 0 Å². The Kier molecular flexibility index (Phi) is 16.2. The van der Waals surface area contributed by atoms with Crippen LogP contribution in [0, 0.1) is 34.5 Å². The number of hydrogen-bond donors (Lipinski definition) is 0. The van der Waals surface area contributed by atoms with E-state index in [1.165, 1.54) is 114 Å². The summed E-state index contributed by atoms with van der Waals surface area (Å²) in [4.78, 5) is 0. The highest BCUT2D eigenvalue weighted by atomic mass is 16.5. The first-order valence-electron chi connectivity index (χ1n) is 18.8. The third kappa shape index (κ3) is 11.9. The van der Waals surface area contributed by atoms with Crippen LogP contribution in [-0.4, -0.2) is 12.2 Å². The third-order valence-corrected chi connectivity index (χ3v) is 11.0. The third-order valence-electron chi connectivity index (χ3n) is 11.0. The number of unbranched alkanes of at least 4 members (excludes halogenated alkanes) is 4. The van der Waals surface area contributed by atoms with Crippen molar-refractivity contribution >= 4 is 0 Å². The normalized spacial score (nSPS) is 22.9. The maximum atomic E-state index is 9.55. The zero-order valence-electron chi connectivity index (χ0n) is 28.9. The van der Waals surface area contributed by atoms with Gasteiger partial charge in [0.2, 0.25) is 0 Å². The highest BCUT2D eigenvalue weighted by Crippen LogP contribution is 2.39. The molecule has 0 aliphatic heterocycles. The summed E-state index contributed by atoms with van der Waals surface area (Å²) in [7, 11) is 0. The second-order valence-corrected chi connectivity index (χ2v) is 14.3. The molecule has 2 aliphatic carbocycles. The molecule has 0 aromatic heterocycles. The average molecular weight is 625 g/mol. The Labute approximate surface area is 280 Å². The van der Waals surface area contributed by atoms with Gasteiger partial charge in [-0.1, -0.05) is 114 Å². The molecule has 2 atom stereocenters. The van der Waals surface area contributed by atoms with Crippen molar-refractivity contribution in [2.45, 2.75) is 167 Å². The average Bonchev–Trinajstić information content (AvgIpc) is 3.10. The molecule has 46 heavy (non-hydrogen) atoms. The van der Waals surface area contributed by atoms with E-state index < -0.39 is 12.2 Å². The van der Waals surface area contributed by atoms with E-state index >= 15 is 0 Å². The SMILES string of the molecule is CCCCC[C@H]1CC[C@H](c2ccc(CO[C@H](CC#N)[C@@H](CC#N)OCc3ccc([C@H]4CC[C@H](CCCCC)CC4)cc3)cc2)CC1. The predicted octanol–water partition coefficient (Wildman–Crippen LogP) is 11.7. The second-order valence-electron chi connectivity index (χ2n) is 14.3. The molecule has 0 spiro atoms. The minimum atomic E-state index is -0.445. The van der Waals surface area contributed by atoms with Gasteiger partial charge in [-0.15, -0.1) is 0 Å². The minimum Gasteiger partial charge on any atom is -0.370 e. The van der Waals surface area contributed by atoms with Crippen molar-refractivity contribution < 1.29 is 9.47 Å². The maximum Gasteiger partial charge on any atom is 0.0981 e. The van der Waals surface area contributed by atoms with Crippen LogP contribution >= 0.6 is 0 Å². The van der Waals surface area contributed by atoms with Gasteiger partial charge in [0, 0.05) is 0 Å². The van der Waals surface area contributed by atoms with E-state index in [2.05, 4.69) is 74.5 Å². The molecule has 0 unspecified atom stereocenters. The molecule has 4 heteroatoms. The standard InChI is InChI=1S/C42H60N2O2/c1-3-5-7-9-33-11-19-37(20-12-33)39-23-15-35(16-24-39)31-45-41(27-29-43)42(28-30-44)46-32-36-17-25-40(26-18-36)38-21-13-34(14-22-38)10-8-6-4-2/h15-18,23-26,33-34,37-38,41-42H,3-14,19-22,27-28,31-32H2,1-2H3/t33-,34-,37-,38-,41-,42-/m1/s1. The van der Waals surface area contributed by atoms with Gasteiger partial charge in [-0.2, -0.15) is 10.5 Å². The molecule has 0 N–H and O–H groups in total. The summed E-state index contributed by atoms with van der Waals surface area (Å²) >= 11 is 0. The van der Waals surface area contributed by atoms with Crippen LogP contribution in [0.4, 0.5) is 0 Å². The molecular formula is C42H60N2O2. The molecule has 2 saturated carbocycles. The van der Waals surface area contributed by atoms with Crippen LogP contribution in [0.5, 0.6) is 0 Å². The van der Waals surface area contributed by atoms with Crippen molar-refractivity contribution in [3.63, 3.8) is 0 Å². The molecule has 4 nitrogen and oxygen atoms in total. The number of ether oxygens (including phenoxy) is 2. The lowest BCUT2D eigenvalue weighted by atomic mass is 9.77. The van der Waals surface area contributed by atoms with E-state index in [0.717, 1.165) is 23.0 Å². The van der Waals surface area contributed by atoms with Crippen molar-refractivity contribution in [3.8, 4) is 12.1 Å². The first-order chi connectivity index (χ1) is 22.6. The molecule has 4 rings (SSSR count). The van der Waals surface area contributed by atoms with Crippen LogP contribution in [0.3, 0.4) is 0 Å². The van der Waals surface area contributed by atoms with Crippen LogP contribution in [-0.2, 0) is 22.7 Å². The molecule has 0 amide bonds. The Hall–Kier alpha value is -2.66. The van der Waals surface area contributed by atoms with E-state index in [0.29, 0.717) is 25.0 Å². The van der Waals surface area contributed by atoms with E-state index in [9.17, 15) is 10.5 Å². The summed E-state index contributed by atoms with van der Waals surface area (Å²) in [6.45, 7) is 5.40. The van der Waals surface area contributed by atoms with Gasteiger partial charge in [-0.25, -0.2) is 0 Å². The van der Waals surface area contributed by atoms with Gasteiger partial charge in [0.15, 0.2) is 0 Å². The molecule has 2 fully saturated rings. The van der Waals surface area contributed by atoms with Crippen LogP contribution < -0.4 is 0 Å². The van der Waals surface area contributed by atoms with Crippen molar-refractivity contribution in [3.05, 3.63) is 70.8 Å². The lowest BCUT2D eigenvalue weighted by Crippen LogP contribution is -2.31. The van der Waals surface area contributed by atoms with Crippen LogP contribution in [0.15, 0.2) is 48.5 Å². The lowest BCUT2D eigenvalue weighted by Gasteiger charge is -2.29. The molecule has 2 aliphatic rings. The molecule has 0 bridgehead atoms. The monoisotopic (exact) mass is 624 g/mol. The van der Waals surface area contributed by atoms with Crippen LogP contribution in [0.25, 0.3) is 0 Å². The van der Waals surface area contributed by atoms with E-state index in [4.69, 9.17) is 9.47 Å². The van der Waals surface area contributed by atoms with Gasteiger partial charge in [0.25, 0.3) is 0 Å². The molecule has 0 saturated heterocycles. The number of rotatable bonds is 19. The van der Waals surface area contributed by atoms with Crippen molar-refractivity contribution in [1.29, 1.82) is 10.5 Å². The molecular weight excluding hydrogens is 564 g/mol. The Morgan fingerprint density at radius 3 is 1.26 bits per heavy atom. The molecule has 2 aromatic rings. The Morgan fingerprint density at radius 2 is 0.935 bits per heavy atom. The molecule has 0 radical (unpaired) electrons. The molecule has 0 heterocycles. The van der Waals surface area contributed by atoms with Crippen molar-refractivity contribution in [2.75, 3.05) is 0 Å². The lowest BCUT2D eigenvalue weighted by molar-refractivity contribution is -0.0811. The van der Waals surface area contributed by atoms with Gasteiger partial charge in [0.1, 0.15) is 0 Å². The smallest absolute Gasteiger partial charge is 0.0981 e. The summed E-state index contributed by atoms with van der Waals surface area (Å²) < 4.78 is 12.5. The Morgan fingerprint density at radius 1 is 0.565 bits per heavy atom. The zero-order valence-corrected chi connectivity index (χ0v) is 28.9. The largest absolute Gasteiger partial charge is 0.370 e. The summed E-state index contributed by atoms with van der Waals surface area (Å²) in [5, 5.41) is 19.1.